The van der Waals surface area contributed by atoms with Crippen LogP contribution in [0, 0.1) is 0 Å². The Kier molecular flexibility index (Phi) is 4.94. The minimum absolute atomic E-state index is 0.0115. The van der Waals surface area contributed by atoms with Crippen LogP contribution in [0.25, 0.3) is 0 Å². The van der Waals surface area contributed by atoms with Gasteiger partial charge < -0.3 is 5.73 Å². The third kappa shape index (κ3) is 3.95. The van der Waals surface area contributed by atoms with Crippen molar-refractivity contribution in [2.75, 3.05) is 5.73 Å². The van der Waals surface area contributed by atoms with E-state index in [2.05, 4.69) is 0 Å². The number of rotatable bonds is 6. The molecule has 0 radical (unpaired) electrons. The van der Waals surface area contributed by atoms with Crippen LogP contribution < -0.4 is 5.73 Å². The minimum atomic E-state index is -0.0115. The summed E-state index contributed by atoms with van der Waals surface area (Å²) in [5.41, 5.74) is 8.77. The standard InChI is InChI=1S/C18H21NO/c1-14(16-7-3-2-4-8-16)18(20)9-5-6-15-10-12-17(19)13-11-15/h2-4,7-8,10-14H,5-6,9,19H2,1H3/t14-/m1/s1. The molecule has 0 aliphatic rings. The second kappa shape index (κ2) is 6.90. The molecule has 0 aliphatic carbocycles. The van der Waals surface area contributed by atoms with Crippen LogP contribution in [0.15, 0.2) is 54.6 Å². The van der Waals surface area contributed by atoms with Gasteiger partial charge in [0.15, 0.2) is 0 Å². The molecule has 0 fully saturated rings. The van der Waals surface area contributed by atoms with Crippen LogP contribution in [0.2, 0.25) is 0 Å². The molecular weight excluding hydrogens is 246 g/mol. The molecule has 20 heavy (non-hydrogen) atoms. The second-order valence-corrected chi connectivity index (χ2v) is 5.19. The molecule has 0 unspecified atom stereocenters. The first kappa shape index (κ1) is 14.3. The molecule has 104 valence electrons. The molecular formula is C18H21NO. The fourth-order valence-corrected chi connectivity index (χ4v) is 2.30. The van der Waals surface area contributed by atoms with Crippen molar-refractivity contribution in [2.24, 2.45) is 0 Å². The normalized spacial score (nSPS) is 12.1. The Labute approximate surface area is 120 Å². The largest absolute Gasteiger partial charge is 0.399 e. The SMILES string of the molecule is C[C@@H](C(=O)CCCc1ccc(N)cc1)c1ccccc1. The third-order valence-corrected chi connectivity index (χ3v) is 3.65. The highest BCUT2D eigenvalue weighted by molar-refractivity contribution is 5.85. The average molecular weight is 267 g/mol. The summed E-state index contributed by atoms with van der Waals surface area (Å²) in [6.45, 7) is 1.99. The van der Waals surface area contributed by atoms with Crippen LogP contribution in [0.4, 0.5) is 5.69 Å². The number of ketones is 1. The smallest absolute Gasteiger partial charge is 0.140 e. The fraction of sp³-hybridized carbons (Fsp3) is 0.278. The van der Waals surface area contributed by atoms with Gasteiger partial charge in [-0.15, -0.1) is 0 Å². The molecule has 2 N–H and O–H groups in total. The molecule has 0 amide bonds. The zero-order chi connectivity index (χ0) is 14.4. The van der Waals surface area contributed by atoms with Crippen LogP contribution in [0.1, 0.15) is 36.8 Å². The molecule has 2 rings (SSSR count). The van der Waals surface area contributed by atoms with Crippen LogP contribution in [-0.4, -0.2) is 5.78 Å². The minimum Gasteiger partial charge on any atom is -0.399 e. The summed E-state index contributed by atoms with van der Waals surface area (Å²) in [7, 11) is 0. The summed E-state index contributed by atoms with van der Waals surface area (Å²) in [4.78, 5) is 12.2. The first-order valence-corrected chi connectivity index (χ1v) is 7.09. The number of aryl methyl sites for hydroxylation is 1. The Balaban J connectivity index is 1.82. The van der Waals surface area contributed by atoms with Crippen LogP contribution in [0.3, 0.4) is 0 Å². The highest BCUT2D eigenvalue weighted by atomic mass is 16.1. The summed E-state index contributed by atoms with van der Waals surface area (Å²) in [5, 5.41) is 0. The molecule has 0 saturated heterocycles. The van der Waals surface area contributed by atoms with E-state index in [1.54, 1.807) is 0 Å². The van der Waals surface area contributed by atoms with Crippen molar-refractivity contribution in [3.63, 3.8) is 0 Å². The average Bonchev–Trinajstić information content (AvgIpc) is 2.49. The number of hydrogen-bond acceptors (Lipinski definition) is 2. The number of benzene rings is 2. The van der Waals surface area contributed by atoms with E-state index in [9.17, 15) is 4.79 Å². The van der Waals surface area contributed by atoms with Crippen molar-refractivity contribution in [1.82, 2.24) is 0 Å². The van der Waals surface area contributed by atoms with E-state index in [1.165, 1.54) is 5.56 Å². The second-order valence-electron chi connectivity index (χ2n) is 5.19. The van der Waals surface area contributed by atoms with E-state index in [1.807, 2.05) is 61.5 Å². The highest BCUT2D eigenvalue weighted by Gasteiger charge is 2.14. The predicted molar refractivity (Wildman–Crippen MR) is 83.7 cm³/mol. The lowest BCUT2D eigenvalue weighted by atomic mass is 9.93. The van der Waals surface area contributed by atoms with Crippen molar-refractivity contribution >= 4 is 11.5 Å². The van der Waals surface area contributed by atoms with Gasteiger partial charge in [-0.1, -0.05) is 49.4 Å². The van der Waals surface area contributed by atoms with Crippen molar-refractivity contribution in [2.45, 2.75) is 32.1 Å². The number of anilines is 1. The summed E-state index contributed by atoms with van der Waals surface area (Å²) < 4.78 is 0. The topological polar surface area (TPSA) is 43.1 Å². The van der Waals surface area contributed by atoms with Crippen molar-refractivity contribution in [1.29, 1.82) is 0 Å². The molecule has 0 spiro atoms. The Morgan fingerprint density at radius 1 is 1.05 bits per heavy atom. The molecule has 0 aromatic heterocycles. The van der Waals surface area contributed by atoms with E-state index in [-0.39, 0.29) is 5.92 Å². The van der Waals surface area contributed by atoms with Gasteiger partial charge in [-0.25, -0.2) is 0 Å². The maximum atomic E-state index is 12.2. The van der Waals surface area contributed by atoms with Crippen LogP contribution >= 0.6 is 0 Å². The Bertz CT molecular complexity index is 545. The molecule has 2 aromatic rings. The van der Waals surface area contributed by atoms with Gasteiger partial charge in [-0.2, -0.15) is 0 Å². The molecule has 0 aliphatic heterocycles. The van der Waals surface area contributed by atoms with Gasteiger partial charge in [0.25, 0.3) is 0 Å². The lowest BCUT2D eigenvalue weighted by Crippen LogP contribution is -2.09. The Hall–Kier alpha value is -2.09. The van der Waals surface area contributed by atoms with Crippen molar-refractivity contribution < 1.29 is 4.79 Å². The number of nitrogen functional groups attached to an aromatic ring is 1. The van der Waals surface area contributed by atoms with Gasteiger partial charge in [0.2, 0.25) is 0 Å². The Morgan fingerprint density at radius 2 is 1.70 bits per heavy atom. The quantitative estimate of drug-likeness (QED) is 0.805. The fourth-order valence-electron chi connectivity index (χ4n) is 2.30. The summed E-state index contributed by atoms with van der Waals surface area (Å²) >= 11 is 0. The molecule has 0 bridgehead atoms. The van der Waals surface area contributed by atoms with Gasteiger partial charge in [0.05, 0.1) is 0 Å². The van der Waals surface area contributed by atoms with Gasteiger partial charge in [0.1, 0.15) is 5.78 Å². The van der Waals surface area contributed by atoms with E-state index >= 15 is 0 Å². The first-order chi connectivity index (χ1) is 9.66. The Morgan fingerprint density at radius 3 is 2.35 bits per heavy atom. The molecule has 0 saturated carbocycles. The van der Waals surface area contributed by atoms with Gasteiger partial charge >= 0.3 is 0 Å². The van der Waals surface area contributed by atoms with Gasteiger partial charge in [-0.05, 0) is 36.1 Å². The van der Waals surface area contributed by atoms with Crippen LogP contribution in [0.5, 0.6) is 0 Å². The van der Waals surface area contributed by atoms with Crippen LogP contribution in [-0.2, 0) is 11.2 Å². The zero-order valence-corrected chi connectivity index (χ0v) is 11.9. The number of nitrogens with two attached hydrogens (primary N) is 1. The van der Waals surface area contributed by atoms with E-state index in [0.29, 0.717) is 12.2 Å². The highest BCUT2D eigenvalue weighted by Crippen LogP contribution is 2.18. The van der Waals surface area contributed by atoms with Gasteiger partial charge in [-0.3, -0.25) is 4.79 Å². The summed E-state index contributed by atoms with van der Waals surface area (Å²) in [5.74, 6) is 0.300. The maximum Gasteiger partial charge on any atom is 0.140 e. The molecule has 0 heterocycles. The van der Waals surface area contributed by atoms with E-state index < -0.39 is 0 Å². The number of carbonyl (C=O) groups excluding carboxylic acids is 1. The third-order valence-electron chi connectivity index (χ3n) is 3.65. The van der Waals surface area contributed by atoms with E-state index in [4.69, 9.17) is 5.73 Å². The van der Waals surface area contributed by atoms with Gasteiger partial charge in [0, 0.05) is 18.0 Å². The molecule has 2 heteroatoms. The van der Waals surface area contributed by atoms with E-state index in [0.717, 1.165) is 24.1 Å². The number of Topliss-reactive ketones (excluding diaryl/α,β-unsaturated/α-hetero) is 1. The monoisotopic (exact) mass is 267 g/mol. The zero-order valence-electron chi connectivity index (χ0n) is 11.9. The number of carbonyl (C=O) groups is 1. The molecule has 2 aromatic carbocycles. The predicted octanol–water partition coefficient (Wildman–Crippen LogP) is 3.96. The lowest BCUT2D eigenvalue weighted by molar-refractivity contribution is -0.120. The first-order valence-electron chi connectivity index (χ1n) is 7.09. The molecule has 2 nitrogen and oxygen atoms in total. The maximum absolute atomic E-state index is 12.2. The summed E-state index contributed by atoms with van der Waals surface area (Å²) in [6.07, 6.45) is 2.44. The summed E-state index contributed by atoms with van der Waals surface area (Å²) in [6, 6.07) is 17.8. The van der Waals surface area contributed by atoms with Crippen molar-refractivity contribution in [3.8, 4) is 0 Å². The molecule has 1 atom stereocenters. The lowest BCUT2D eigenvalue weighted by Gasteiger charge is -2.10. The van der Waals surface area contributed by atoms with Crippen molar-refractivity contribution in [3.05, 3.63) is 65.7 Å². The number of hydrogen-bond donors (Lipinski definition) is 1.